The Bertz CT molecular complexity index is 1390. The van der Waals surface area contributed by atoms with E-state index in [1.165, 1.54) is 0 Å². The second-order valence-corrected chi connectivity index (χ2v) is 8.79. The molecule has 8 heteroatoms. The van der Waals surface area contributed by atoms with Gasteiger partial charge in [-0.25, -0.2) is 10.2 Å². The normalized spacial score (nSPS) is 11.0. The molecule has 0 radical (unpaired) electrons. The highest BCUT2D eigenvalue weighted by atomic mass is 79.9. The molecule has 1 heterocycles. The largest absolute Gasteiger partial charge is 0.339 e. The number of carbonyl (C=O) groups excluding carboxylic acids is 2. The highest BCUT2D eigenvalue weighted by Gasteiger charge is 2.11. The topological polar surface area (TPSA) is 87.5 Å². The summed E-state index contributed by atoms with van der Waals surface area (Å²) in [5, 5.41) is 10.7. The SMILES string of the molecule is Cc1cccc(NC(=O)Cn2cc(/C=N/NC(=O)Nc3ccc(Br)c(C)c3)c3ccccc32)c1. The number of nitrogens with one attached hydrogen (secondary N) is 3. The summed E-state index contributed by atoms with van der Waals surface area (Å²) in [7, 11) is 0. The number of hydrogen-bond donors (Lipinski definition) is 3. The third kappa shape index (κ3) is 5.71. The number of halogens is 1. The quantitative estimate of drug-likeness (QED) is 0.222. The van der Waals surface area contributed by atoms with Crippen molar-refractivity contribution in [2.24, 2.45) is 5.10 Å². The van der Waals surface area contributed by atoms with Crippen LogP contribution in [0.25, 0.3) is 10.9 Å². The van der Waals surface area contributed by atoms with Crippen LogP contribution < -0.4 is 16.1 Å². The van der Waals surface area contributed by atoms with E-state index in [-0.39, 0.29) is 12.5 Å². The summed E-state index contributed by atoms with van der Waals surface area (Å²) in [5.41, 5.74) is 7.70. The lowest BCUT2D eigenvalue weighted by atomic mass is 10.2. The summed E-state index contributed by atoms with van der Waals surface area (Å²) in [6, 6.07) is 20.5. The van der Waals surface area contributed by atoms with E-state index < -0.39 is 6.03 Å². The van der Waals surface area contributed by atoms with Crippen LogP contribution in [0.15, 0.2) is 82.5 Å². The second kappa shape index (κ2) is 10.4. The number of urea groups is 1. The molecule has 34 heavy (non-hydrogen) atoms. The Morgan fingerprint density at radius 1 is 0.971 bits per heavy atom. The number of aromatic nitrogens is 1. The van der Waals surface area contributed by atoms with Gasteiger partial charge in [0.2, 0.25) is 5.91 Å². The van der Waals surface area contributed by atoms with Crippen LogP contribution in [0.1, 0.15) is 16.7 Å². The number of rotatable bonds is 6. The Balaban J connectivity index is 1.44. The molecular formula is C26H24BrN5O2. The Morgan fingerprint density at radius 3 is 2.56 bits per heavy atom. The van der Waals surface area contributed by atoms with E-state index in [1.54, 1.807) is 12.3 Å². The van der Waals surface area contributed by atoms with Crippen molar-refractivity contribution in [3.8, 4) is 0 Å². The molecule has 3 N–H and O–H groups in total. The predicted molar refractivity (Wildman–Crippen MR) is 140 cm³/mol. The number of nitrogens with zero attached hydrogens (tertiary/aromatic N) is 2. The molecule has 3 aromatic carbocycles. The van der Waals surface area contributed by atoms with Crippen molar-refractivity contribution >= 4 is 56.4 Å². The van der Waals surface area contributed by atoms with Crippen LogP contribution in [0.2, 0.25) is 0 Å². The van der Waals surface area contributed by atoms with Crippen molar-refractivity contribution in [1.82, 2.24) is 9.99 Å². The fourth-order valence-electron chi connectivity index (χ4n) is 3.63. The number of amides is 3. The molecule has 0 unspecified atom stereocenters. The van der Waals surface area contributed by atoms with Crippen molar-refractivity contribution in [2.45, 2.75) is 20.4 Å². The van der Waals surface area contributed by atoms with Gasteiger partial charge >= 0.3 is 6.03 Å². The zero-order valence-corrected chi connectivity index (χ0v) is 20.4. The maximum absolute atomic E-state index is 12.6. The van der Waals surface area contributed by atoms with Crippen LogP contribution >= 0.6 is 15.9 Å². The van der Waals surface area contributed by atoms with Crippen molar-refractivity contribution < 1.29 is 9.59 Å². The average Bonchev–Trinajstić information content (AvgIpc) is 3.13. The molecule has 0 atom stereocenters. The van der Waals surface area contributed by atoms with Crippen LogP contribution in [0, 0.1) is 13.8 Å². The lowest BCUT2D eigenvalue weighted by Crippen LogP contribution is -2.24. The van der Waals surface area contributed by atoms with E-state index in [2.05, 4.69) is 37.1 Å². The molecule has 0 bridgehead atoms. The first-order valence-corrected chi connectivity index (χ1v) is 11.5. The van der Waals surface area contributed by atoms with Gasteiger partial charge in [-0.05, 0) is 61.4 Å². The molecule has 4 aromatic rings. The van der Waals surface area contributed by atoms with Gasteiger partial charge in [0.25, 0.3) is 0 Å². The van der Waals surface area contributed by atoms with Crippen molar-refractivity contribution in [2.75, 3.05) is 10.6 Å². The fraction of sp³-hybridized carbons (Fsp3) is 0.115. The van der Waals surface area contributed by atoms with Gasteiger partial charge in [0.15, 0.2) is 0 Å². The minimum Gasteiger partial charge on any atom is -0.337 e. The molecular weight excluding hydrogens is 494 g/mol. The van der Waals surface area contributed by atoms with E-state index in [4.69, 9.17) is 0 Å². The van der Waals surface area contributed by atoms with E-state index >= 15 is 0 Å². The third-order valence-electron chi connectivity index (χ3n) is 5.22. The van der Waals surface area contributed by atoms with Gasteiger partial charge in [-0.1, -0.05) is 46.3 Å². The molecule has 0 aliphatic heterocycles. The first-order chi connectivity index (χ1) is 16.4. The fourth-order valence-corrected chi connectivity index (χ4v) is 3.88. The molecule has 0 aliphatic rings. The van der Waals surface area contributed by atoms with Crippen LogP contribution in [0.3, 0.4) is 0 Å². The van der Waals surface area contributed by atoms with E-state index in [0.717, 1.165) is 37.8 Å². The van der Waals surface area contributed by atoms with E-state index in [0.29, 0.717) is 5.69 Å². The number of hydrogen-bond acceptors (Lipinski definition) is 3. The highest BCUT2D eigenvalue weighted by Crippen LogP contribution is 2.21. The standard InChI is InChI=1S/C26H24BrN5O2/c1-17-6-5-7-20(12-17)29-25(33)16-32-15-19(22-8-3-4-9-24(22)32)14-28-31-26(34)30-21-10-11-23(27)18(2)13-21/h3-15H,16H2,1-2H3,(H,29,33)(H2,30,31,34)/b28-14+. The maximum Gasteiger partial charge on any atom is 0.339 e. The van der Waals surface area contributed by atoms with Crippen LogP contribution in [-0.4, -0.2) is 22.7 Å². The molecule has 0 saturated carbocycles. The van der Waals surface area contributed by atoms with Crippen LogP contribution in [-0.2, 0) is 11.3 Å². The number of fused-ring (bicyclic) bond motifs is 1. The molecule has 172 valence electrons. The Labute approximate surface area is 206 Å². The van der Waals surface area contributed by atoms with Gasteiger partial charge in [-0.15, -0.1) is 0 Å². The lowest BCUT2D eigenvalue weighted by molar-refractivity contribution is -0.116. The summed E-state index contributed by atoms with van der Waals surface area (Å²) >= 11 is 3.44. The second-order valence-electron chi connectivity index (χ2n) is 7.94. The number of benzene rings is 3. The zero-order valence-electron chi connectivity index (χ0n) is 18.8. The Hall–Kier alpha value is -3.91. The molecule has 0 spiro atoms. The molecule has 4 rings (SSSR count). The lowest BCUT2D eigenvalue weighted by Gasteiger charge is -2.08. The van der Waals surface area contributed by atoms with Gasteiger partial charge in [0, 0.05) is 38.5 Å². The number of carbonyl (C=O) groups is 2. The van der Waals surface area contributed by atoms with Crippen molar-refractivity contribution in [1.29, 1.82) is 0 Å². The van der Waals surface area contributed by atoms with Gasteiger partial charge < -0.3 is 15.2 Å². The average molecular weight is 518 g/mol. The summed E-state index contributed by atoms with van der Waals surface area (Å²) in [6.45, 7) is 4.08. The van der Waals surface area contributed by atoms with Gasteiger partial charge in [-0.3, -0.25) is 4.79 Å². The summed E-state index contributed by atoms with van der Waals surface area (Å²) in [6.07, 6.45) is 3.42. The van der Waals surface area contributed by atoms with Gasteiger partial charge in [0.05, 0.1) is 6.21 Å². The molecule has 1 aromatic heterocycles. The minimum atomic E-state index is -0.445. The van der Waals surface area contributed by atoms with Crippen LogP contribution in [0.5, 0.6) is 0 Å². The summed E-state index contributed by atoms with van der Waals surface area (Å²) < 4.78 is 2.84. The Kier molecular flexibility index (Phi) is 7.08. The van der Waals surface area contributed by atoms with Gasteiger partial charge in [-0.2, -0.15) is 5.10 Å². The van der Waals surface area contributed by atoms with Gasteiger partial charge in [0.1, 0.15) is 6.54 Å². The highest BCUT2D eigenvalue weighted by molar-refractivity contribution is 9.10. The molecule has 3 amide bonds. The van der Waals surface area contributed by atoms with E-state index in [1.807, 2.05) is 85.3 Å². The van der Waals surface area contributed by atoms with Crippen molar-refractivity contribution in [3.05, 3.63) is 94.1 Å². The number of hydrazone groups is 1. The predicted octanol–water partition coefficient (Wildman–Crippen LogP) is 5.81. The van der Waals surface area contributed by atoms with Crippen molar-refractivity contribution in [3.63, 3.8) is 0 Å². The molecule has 0 fully saturated rings. The maximum atomic E-state index is 12.6. The number of para-hydroxylation sites is 1. The number of anilines is 2. The summed E-state index contributed by atoms with van der Waals surface area (Å²) in [5.74, 6) is -0.128. The van der Waals surface area contributed by atoms with E-state index in [9.17, 15) is 9.59 Å². The monoisotopic (exact) mass is 517 g/mol. The molecule has 0 saturated heterocycles. The molecule has 7 nitrogen and oxygen atoms in total. The first kappa shape index (κ1) is 23.3. The van der Waals surface area contributed by atoms with Crippen LogP contribution in [0.4, 0.5) is 16.2 Å². The smallest absolute Gasteiger partial charge is 0.337 e. The number of aryl methyl sites for hydroxylation is 2. The minimum absolute atomic E-state index is 0.128. The summed E-state index contributed by atoms with van der Waals surface area (Å²) in [4.78, 5) is 24.8. The third-order valence-corrected chi connectivity index (χ3v) is 6.11. The Morgan fingerprint density at radius 2 is 1.76 bits per heavy atom. The molecule has 0 aliphatic carbocycles. The first-order valence-electron chi connectivity index (χ1n) is 10.7. The zero-order chi connectivity index (χ0) is 24.1.